The lowest BCUT2D eigenvalue weighted by molar-refractivity contribution is -0.142. The molecule has 2 heterocycles. The summed E-state index contributed by atoms with van der Waals surface area (Å²) in [7, 11) is 0. The van der Waals surface area contributed by atoms with Gasteiger partial charge >= 0.3 is 0 Å². The fourth-order valence-corrected chi connectivity index (χ4v) is 4.34. The van der Waals surface area contributed by atoms with Crippen LogP contribution in [-0.2, 0) is 16.1 Å². The number of aliphatic imine (C=N–C) groups is 1. The van der Waals surface area contributed by atoms with Gasteiger partial charge in [0.2, 0.25) is 11.8 Å². The van der Waals surface area contributed by atoms with Crippen LogP contribution in [0, 0.1) is 12.8 Å². The zero-order chi connectivity index (χ0) is 24.8. The fourth-order valence-electron chi connectivity index (χ4n) is 4.18. The molecule has 2 atom stereocenters. The van der Waals surface area contributed by atoms with Crippen molar-refractivity contribution in [3.05, 3.63) is 65.1 Å². The molecule has 1 aliphatic heterocycles. The fraction of sp³-hybridized carbons (Fsp3) is 0.400. The second-order valence-electron chi connectivity index (χ2n) is 8.76. The first kappa shape index (κ1) is 25.4. The average molecular weight is 483 g/mol. The van der Waals surface area contributed by atoms with E-state index in [9.17, 15) is 9.59 Å². The van der Waals surface area contributed by atoms with Crippen molar-refractivity contribution >= 4 is 35.7 Å². The van der Waals surface area contributed by atoms with Crippen LogP contribution in [0.25, 0.3) is 5.57 Å². The van der Waals surface area contributed by atoms with Crippen LogP contribution >= 0.6 is 11.6 Å². The van der Waals surface area contributed by atoms with E-state index in [-0.39, 0.29) is 17.7 Å². The minimum absolute atomic E-state index is 0.00993. The third-order valence-corrected chi connectivity index (χ3v) is 6.08. The van der Waals surface area contributed by atoms with Crippen molar-refractivity contribution in [2.45, 2.75) is 52.2 Å². The van der Waals surface area contributed by atoms with Gasteiger partial charge in [0, 0.05) is 36.1 Å². The number of likely N-dealkylation sites (tertiary alicyclic amines) is 1. The topological polar surface area (TPSA) is 92.5 Å². The van der Waals surface area contributed by atoms with Gasteiger partial charge in [0.05, 0.1) is 5.69 Å². The normalized spacial score (nSPS) is 17.0. The van der Waals surface area contributed by atoms with E-state index in [1.807, 2.05) is 45.0 Å². The Morgan fingerprint density at radius 1 is 1.32 bits per heavy atom. The third-order valence-electron chi connectivity index (χ3n) is 5.88. The minimum atomic E-state index is -0.495. The van der Waals surface area contributed by atoms with Crippen LogP contribution in [0.3, 0.4) is 0 Å². The number of amides is 2. The molecule has 34 heavy (non-hydrogen) atoms. The molecule has 0 spiro atoms. The molecule has 0 radical (unpaired) electrons. The van der Waals surface area contributed by atoms with Crippen molar-refractivity contribution in [1.82, 2.24) is 25.2 Å². The molecule has 1 aromatic carbocycles. The molecule has 1 aromatic heterocycles. The van der Waals surface area contributed by atoms with E-state index in [4.69, 9.17) is 11.6 Å². The van der Waals surface area contributed by atoms with E-state index >= 15 is 0 Å². The molecule has 2 unspecified atom stereocenters. The number of rotatable bonds is 9. The molecule has 3 rings (SSSR count). The largest absolute Gasteiger partial charge is 0.350 e. The molecule has 8 nitrogen and oxygen atoms in total. The SMILES string of the molecule is C=N/C=C(\C(=C)Cl)c1ccc(CNC(=O)C2CCCN2C(=O)C(C(C)C)n2cc(C)nn2)cc1. The van der Waals surface area contributed by atoms with Gasteiger partial charge in [0.1, 0.15) is 12.1 Å². The zero-order valence-electron chi connectivity index (χ0n) is 19.9. The lowest BCUT2D eigenvalue weighted by Gasteiger charge is -2.29. The quantitative estimate of drug-likeness (QED) is 0.433. The molecular formula is C25H31ClN6O2. The van der Waals surface area contributed by atoms with Gasteiger partial charge in [0.15, 0.2) is 0 Å². The van der Waals surface area contributed by atoms with E-state index in [1.165, 1.54) is 0 Å². The minimum Gasteiger partial charge on any atom is -0.350 e. The number of aryl methyl sites for hydroxylation is 1. The first-order valence-corrected chi connectivity index (χ1v) is 11.7. The Balaban J connectivity index is 1.66. The van der Waals surface area contributed by atoms with Crippen molar-refractivity contribution in [1.29, 1.82) is 0 Å². The van der Waals surface area contributed by atoms with E-state index in [0.717, 1.165) is 23.2 Å². The van der Waals surface area contributed by atoms with Crippen molar-refractivity contribution in [3.63, 3.8) is 0 Å². The summed E-state index contributed by atoms with van der Waals surface area (Å²) < 4.78 is 1.61. The van der Waals surface area contributed by atoms with Crippen LogP contribution in [0.5, 0.6) is 0 Å². The predicted molar refractivity (Wildman–Crippen MR) is 134 cm³/mol. The van der Waals surface area contributed by atoms with Crippen LogP contribution < -0.4 is 5.32 Å². The number of aromatic nitrogens is 3. The van der Waals surface area contributed by atoms with Crippen LogP contribution in [0.15, 0.2) is 53.3 Å². The van der Waals surface area contributed by atoms with Crippen molar-refractivity contribution in [3.8, 4) is 0 Å². The molecule has 2 aromatic rings. The van der Waals surface area contributed by atoms with Crippen molar-refractivity contribution in [2.24, 2.45) is 10.9 Å². The highest BCUT2D eigenvalue weighted by Crippen LogP contribution is 2.27. The summed E-state index contributed by atoms with van der Waals surface area (Å²) in [6.45, 7) is 13.9. The number of allylic oxidation sites excluding steroid dienone is 2. The molecule has 180 valence electrons. The maximum atomic E-state index is 13.4. The summed E-state index contributed by atoms with van der Waals surface area (Å²) in [5.74, 6) is -0.244. The molecule has 1 N–H and O–H groups in total. The summed E-state index contributed by atoms with van der Waals surface area (Å²) in [4.78, 5) is 31.9. The molecule has 2 amide bonds. The second kappa shape index (κ2) is 11.2. The maximum absolute atomic E-state index is 13.4. The number of carbonyl (C=O) groups excluding carboxylic acids is 2. The Hall–Kier alpha value is -3.26. The highest BCUT2D eigenvalue weighted by molar-refractivity contribution is 6.36. The van der Waals surface area contributed by atoms with Gasteiger partial charge in [-0.15, -0.1) is 5.10 Å². The number of nitrogens with zero attached hydrogens (tertiary/aromatic N) is 5. The van der Waals surface area contributed by atoms with Gasteiger partial charge in [-0.1, -0.05) is 61.5 Å². The molecule has 1 saturated heterocycles. The molecule has 1 aliphatic rings. The molecule has 0 bridgehead atoms. The van der Waals surface area contributed by atoms with Gasteiger partial charge in [-0.2, -0.15) is 0 Å². The maximum Gasteiger partial charge on any atom is 0.248 e. The first-order valence-electron chi connectivity index (χ1n) is 11.3. The number of benzene rings is 1. The smallest absolute Gasteiger partial charge is 0.248 e. The Kier molecular flexibility index (Phi) is 8.39. The number of halogens is 1. The van der Waals surface area contributed by atoms with Gasteiger partial charge in [-0.3, -0.25) is 14.6 Å². The summed E-state index contributed by atoms with van der Waals surface area (Å²) in [5, 5.41) is 11.5. The number of hydrogen-bond acceptors (Lipinski definition) is 5. The van der Waals surface area contributed by atoms with Crippen LogP contribution in [-0.4, -0.2) is 51.0 Å². The molecule has 0 aliphatic carbocycles. The summed E-state index contributed by atoms with van der Waals surface area (Å²) >= 11 is 6.04. The van der Waals surface area contributed by atoms with Crippen molar-refractivity contribution < 1.29 is 9.59 Å². The Bertz CT molecular complexity index is 1090. The highest BCUT2D eigenvalue weighted by Gasteiger charge is 2.39. The number of hydrogen-bond donors (Lipinski definition) is 1. The van der Waals surface area contributed by atoms with Crippen LogP contribution in [0.2, 0.25) is 0 Å². The molecule has 1 fully saturated rings. The highest BCUT2D eigenvalue weighted by atomic mass is 35.5. The Labute approximate surface area is 205 Å². The van der Waals surface area contributed by atoms with Gasteiger partial charge in [-0.05, 0) is 43.5 Å². The average Bonchev–Trinajstić information content (AvgIpc) is 3.45. The Morgan fingerprint density at radius 2 is 2.03 bits per heavy atom. The molecule has 9 heteroatoms. The second-order valence-corrected chi connectivity index (χ2v) is 9.22. The summed E-state index contributed by atoms with van der Waals surface area (Å²) in [5.41, 5.74) is 3.23. The zero-order valence-corrected chi connectivity index (χ0v) is 20.6. The molecular weight excluding hydrogens is 452 g/mol. The van der Waals surface area contributed by atoms with Crippen molar-refractivity contribution in [2.75, 3.05) is 6.54 Å². The van der Waals surface area contributed by atoms with Gasteiger partial charge < -0.3 is 10.2 Å². The summed E-state index contributed by atoms with van der Waals surface area (Å²) in [6.07, 6.45) is 4.75. The van der Waals surface area contributed by atoms with E-state index in [1.54, 1.807) is 22.0 Å². The predicted octanol–water partition coefficient (Wildman–Crippen LogP) is 3.89. The van der Waals surface area contributed by atoms with Crippen LogP contribution in [0.4, 0.5) is 0 Å². The Morgan fingerprint density at radius 3 is 2.59 bits per heavy atom. The van der Waals surface area contributed by atoms with E-state index in [2.05, 4.69) is 33.9 Å². The first-order chi connectivity index (χ1) is 16.2. The van der Waals surface area contributed by atoms with Crippen LogP contribution in [0.1, 0.15) is 49.6 Å². The standard InChI is InChI=1S/C25H31ClN6O2/c1-16(2)23(32-15-17(3)29-30-32)25(34)31-12-6-7-22(31)24(33)28-13-19-8-10-20(11-9-19)21(14-27-5)18(4)26/h8-11,14-16,22-23H,4-7,12-13H2,1-3H3,(H,28,33)/b21-14+. The lowest BCUT2D eigenvalue weighted by Crippen LogP contribution is -2.48. The third kappa shape index (κ3) is 5.80. The summed E-state index contributed by atoms with van der Waals surface area (Å²) in [6, 6.07) is 6.62. The van der Waals surface area contributed by atoms with Gasteiger partial charge in [-0.25, -0.2) is 4.68 Å². The van der Waals surface area contributed by atoms with E-state index in [0.29, 0.717) is 30.1 Å². The molecule has 0 saturated carbocycles. The van der Waals surface area contributed by atoms with Gasteiger partial charge in [0.25, 0.3) is 0 Å². The number of nitrogens with one attached hydrogen (secondary N) is 1. The lowest BCUT2D eigenvalue weighted by atomic mass is 10.0. The monoisotopic (exact) mass is 482 g/mol. The van der Waals surface area contributed by atoms with E-state index < -0.39 is 12.1 Å². The number of carbonyl (C=O) groups is 2.